The molecule has 0 bridgehead atoms. The lowest BCUT2D eigenvalue weighted by Gasteiger charge is -2.26. The van der Waals surface area contributed by atoms with E-state index in [2.05, 4.69) is 14.9 Å². The van der Waals surface area contributed by atoms with Crippen molar-refractivity contribution in [2.45, 2.75) is 39.1 Å². The Labute approximate surface area is 204 Å². The molecule has 2 atom stereocenters. The van der Waals surface area contributed by atoms with E-state index in [0.29, 0.717) is 5.69 Å². The molecule has 1 aromatic heterocycles. The van der Waals surface area contributed by atoms with E-state index in [-0.39, 0.29) is 22.9 Å². The van der Waals surface area contributed by atoms with Crippen molar-refractivity contribution in [1.82, 2.24) is 10.2 Å². The Kier molecular flexibility index (Phi) is 6.62. The molecule has 0 radical (unpaired) electrons. The van der Waals surface area contributed by atoms with Gasteiger partial charge in [0.05, 0.1) is 11.7 Å². The molecule has 2 aromatic carbocycles. The minimum atomic E-state index is -4.88. The molecule has 0 saturated carbocycles. The average molecular weight is 497 g/mol. The summed E-state index contributed by atoms with van der Waals surface area (Å²) in [5.41, 5.74) is 2.07. The number of alkyl halides is 3. The maximum Gasteiger partial charge on any atom is 0.573 e. The van der Waals surface area contributed by atoms with Crippen LogP contribution in [0.5, 0.6) is 5.75 Å². The minimum Gasteiger partial charge on any atom is -0.406 e. The van der Waals surface area contributed by atoms with Crippen LogP contribution in [0.1, 0.15) is 53.0 Å². The number of aromatic nitrogens is 2. The Morgan fingerprint density at radius 3 is 2.11 bits per heavy atom. The molecule has 2 heterocycles. The molecule has 1 aliphatic heterocycles. The van der Waals surface area contributed by atoms with Gasteiger partial charge in [-0.3, -0.25) is 19.3 Å². The quantitative estimate of drug-likeness (QED) is 0.272. The molecule has 1 amide bonds. The van der Waals surface area contributed by atoms with Crippen LogP contribution in [0.15, 0.2) is 60.7 Å². The summed E-state index contributed by atoms with van der Waals surface area (Å²) < 4.78 is 41.8. The van der Waals surface area contributed by atoms with Crippen molar-refractivity contribution in [2.24, 2.45) is 5.92 Å². The highest BCUT2D eigenvalue weighted by atomic mass is 19.4. The van der Waals surface area contributed by atoms with Crippen molar-refractivity contribution in [2.75, 3.05) is 4.90 Å². The summed E-state index contributed by atoms with van der Waals surface area (Å²) in [5, 5.41) is 7.94. The van der Waals surface area contributed by atoms with Gasteiger partial charge >= 0.3 is 6.36 Å². The summed E-state index contributed by atoms with van der Waals surface area (Å²) in [4.78, 5) is 40.9. The second-order valence-electron chi connectivity index (χ2n) is 8.75. The number of hydrogen-bond donors (Lipinski definition) is 0. The van der Waals surface area contributed by atoms with Gasteiger partial charge < -0.3 is 4.74 Å². The Morgan fingerprint density at radius 1 is 0.944 bits per heavy atom. The highest BCUT2D eigenvalue weighted by Crippen LogP contribution is 2.41. The van der Waals surface area contributed by atoms with Gasteiger partial charge in [-0.1, -0.05) is 50.2 Å². The van der Waals surface area contributed by atoms with Gasteiger partial charge in [0.2, 0.25) is 5.78 Å². The molecular weight excluding hydrogens is 475 g/mol. The number of amides is 1. The first-order valence-electron chi connectivity index (χ1n) is 11.1. The van der Waals surface area contributed by atoms with Gasteiger partial charge in [0, 0.05) is 5.56 Å². The maximum atomic E-state index is 13.5. The van der Waals surface area contributed by atoms with E-state index >= 15 is 0 Å². The van der Waals surface area contributed by atoms with Crippen LogP contribution in [0.3, 0.4) is 0 Å². The lowest BCUT2D eigenvalue weighted by atomic mass is 9.86. The zero-order chi connectivity index (χ0) is 26.2. The molecule has 1 unspecified atom stereocenters. The number of nitrogens with zero attached hydrogens (tertiary/aromatic N) is 3. The van der Waals surface area contributed by atoms with E-state index in [4.69, 9.17) is 0 Å². The lowest BCUT2D eigenvalue weighted by Crippen LogP contribution is -2.31. The van der Waals surface area contributed by atoms with Gasteiger partial charge in [0.15, 0.2) is 11.6 Å². The molecule has 186 valence electrons. The zero-order valence-electron chi connectivity index (χ0n) is 19.6. The molecule has 1 fully saturated rings. The number of anilines is 1. The van der Waals surface area contributed by atoms with Crippen molar-refractivity contribution in [1.29, 1.82) is 0 Å². The molecule has 10 heteroatoms. The van der Waals surface area contributed by atoms with Gasteiger partial charge in [-0.25, -0.2) is 0 Å². The fraction of sp³-hybridized carbons (Fsp3) is 0.269. The van der Waals surface area contributed by atoms with Crippen molar-refractivity contribution in [3.63, 3.8) is 0 Å². The van der Waals surface area contributed by atoms with Crippen LogP contribution in [0.4, 0.5) is 19.0 Å². The SMILES string of the molecule is Cc1ccc(N2C(=O)C(=O)C(C(=O)c3ccc(C(C)C)cc3)[C@@H]2c2ccc(OC(F)(F)F)cc2)nn1. The zero-order valence-corrected chi connectivity index (χ0v) is 19.6. The number of rotatable bonds is 6. The molecule has 1 aliphatic rings. The number of carbonyl (C=O) groups is 3. The summed E-state index contributed by atoms with van der Waals surface area (Å²) in [6, 6.07) is 13.4. The van der Waals surface area contributed by atoms with Crippen molar-refractivity contribution >= 4 is 23.3 Å². The highest BCUT2D eigenvalue weighted by molar-refractivity contribution is 6.48. The van der Waals surface area contributed by atoms with Crippen LogP contribution >= 0.6 is 0 Å². The van der Waals surface area contributed by atoms with Gasteiger partial charge in [0.1, 0.15) is 11.7 Å². The molecule has 4 rings (SSSR count). The third-order valence-corrected chi connectivity index (χ3v) is 5.94. The summed E-state index contributed by atoms with van der Waals surface area (Å²) in [5.74, 6) is -4.10. The first-order chi connectivity index (χ1) is 17.0. The average Bonchev–Trinajstić information content (AvgIpc) is 3.09. The van der Waals surface area contributed by atoms with Crippen LogP contribution in [0.25, 0.3) is 0 Å². The van der Waals surface area contributed by atoms with Crippen LogP contribution in [0, 0.1) is 12.8 Å². The summed E-state index contributed by atoms with van der Waals surface area (Å²) >= 11 is 0. The molecule has 1 saturated heterocycles. The maximum absolute atomic E-state index is 13.5. The molecule has 36 heavy (non-hydrogen) atoms. The third-order valence-electron chi connectivity index (χ3n) is 5.94. The first kappa shape index (κ1) is 25.0. The molecular formula is C26H22F3N3O4. The number of halogens is 3. The Balaban J connectivity index is 1.78. The normalized spacial score (nSPS) is 18.1. The van der Waals surface area contributed by atoms with Crippen LogP contribution in [-0.2, 0) is 9.59 Å². The Hall–Kier alpha value is -4.08. The third kappa shape index (κ3) is 4.98. The minimum absolute atomic E-state index is 0.0463. The Bertz CT molecular complexity index is 1290. The first-order valence-corrected chi connectivity index (χ1v) is 11.1. The molecule has 0 N–H and O–H groups in total. The second kappa shape index (κ2) is 9.52. The predicted molar refractivity (Wildman–Crippen MR) is 123 cm³/mol. The summed E-state index contributed by atoms with van der Waals surface area (Å²) in [6.45, 7) is 5.69. The van der Waals surface area contributed by atoms with E-state index in [1.165, 1.54) is 18.2 Å². The van der Waals surface area contributed by atoms with Crippen molar-refractivity contribution in [3.8, 4) is 5.75 Å². The molecule has 0 spiro atoms. The summed E-state index contributed by atoms with van der Waals surface area (Å²) in [7, 11) is 0. The van der Waals surface area contributed by atoms with Crippen molar-refractivity contribution < 1.29 is 32.3 Å². The Morgan fingerprint density at radius 2 is 1.58 bits per heavy atom. The van der Waals surface area contributed by atoms with E-state index in [9.17, 15) is 27.6 Å². The lowest BCUT2D eigenvalue weighted by molar-refractivity contribution is -0.274. The fourth-order valence-corrected chi connectivity index (χ4v) is 4.12. The second-order valence-corrected chi connectivity index (χ2v) is 8.75. The van der Waals surface area contributed by atoms with E-state index in [0.717, 1.165) is 22.6 Å². The number of aryl methyl sites for hydroxylation is 1. The number of ether oxygens (including phenoxy) is 1. The predicted octanol–water partition coefficient (Wildman–Crippen LogP) is 4.96. The molecule has 7 nitrogen and oxygen atoms in total. The van der Waals surface area contributed by atoms with Gasteiger partial charge in [-0.2, -0.15) is 5.10 Å². The summed E-state index contributed by atoms with van der Waals surface area (Å²) in [6.07, 6.45) is -4.88. The smallest absolute Gasteiger partial charge is 0.406 e. The van der Waals surface area contributed by atoms with Gasteiger partial charge in [-0.15, -0.1) is 18.3 Å². The van der Waals surface area contributed by atoms with Crippen LogP contribution in [0.2, 0.25) is 0 Å². The number of ketones is 2. The van der Waals surface area contributed by atoms with Gasteiger partial charge in [0.25, 0.3) is 5.91 Å². The van der Waals surface area contributed by atoms with E-state index in [1.54, 1.807) is 37.3 Å². The van der Waals surface area contributed by atoms with Crippen LogP contribution in [-0.4, -0.2) is 34.0 Å². The highest BCUT2D eigenvalue weighted by Gasteiger charge is 2.53. The largest absolute Gasteiger partial charge is 0.573 e. The number of hydrogen-bond acceptors (Lipinski definition) is 6. The number of carbonyl (C=O) groups excluding carboxylic acids is 3. The number of benzene rings is 2. The standard InChI is InChI=1S/C26H22F3N3O4/c1-14(2)16-5-7-18(8-6-16)23(33)21-22(17-9-11-19(12-10-17)36-26(27,28)29)32(25(35)24(21)34)20-13-4-15(3)30-31-20/h4-14,21-22H,1-3H3/t21?,22-/m0/s1. The topological polar surface area (TPSA) is 89.5 Å². The van der Waals surface area contributed by atoms with Crippen molar-refractivity contribution in [3.05, 3.63) is 83.0 Å². The molecule has 0 aliphatic carbocycles. The van der Waals surface area contributed by atoms with E-state index < -0.39 is 41.5 Å². The number of Topliss-reactive ketones (excluding diaryl/α,β-unsaturated/α-hetero) is 2. The monoisotopic (exact) mass is 497 g/mol. The van der Waals surface area contributed by atoms with E-state index in [1.807, 2.05) is 13.8 Å². The van der Waals surface area contributed by atoms with Crippen LogP contribution < -0.4 is 9.64 Å². The fourth-order valence-electron chi connectivity index (χ4n) is 4.12. The van der Waals surface area contributed by atoms with Gasteiger partial charge in [-0.05, 0) is 48.2 Å². The molecule has 3 aromatic rings.